The van der Waals surface area contributed by atoms with Crippen LogP contribution in [0.2, 0.25) is 0 Å². The van der Waals surface area contributed by atoms with Gasteiger partial charge < -0.3 is 10.4 Å². The van der Waals surface area contributed by atoms with Crippen LogP contribution in [0.1, 0.15) is 21.2 Å². The SMILES string of the molecule is Cc1csc(CNc2nc3ccccn3c2C(=O)O)n1. The summed E-state index contributed by atoms with van der Waals surface area (Å²) < 4.78 is 1.55. The standard InChI is InChI=1S/C13H12N4O2S/c1-8-7-20-10(15-8)6-14-12-11(13(18)19)17-5-3-2-4-9(17)16-12/h2-5,7,14H,6H2,1H3,(H,18,19). The van der Waals surface area contributed by atoms with E-state index in [2.05, 4.69) is 15.3 Å². The molecule has 0 aliphatic heterocycles. The molecule has 0 atom stereocenters. The van der Waals surface area contributed by atoms with Gasteiger partial charge in [-0.25, -0.2) is 14.8 Å². The van der Waals surface area contributed by atoms with E-state index in [1.54, 1.807) is 22.7 Å². The Kier molecular flexibility index (Phi) is 3.11. The molecule has 20 heavy (non-hydrogen) atoms. The summed E-state index contributed by atoms with van der Waals surface area (Å²) in [4.78, 5) is 20.0. The predicted molar refractivity (Wildman–Crippen MR) is 76.3 cm³/mol. The van der Waals surface area contributed by atoms with Crippen molar-refractivity contribution in [1.29, 1.82) is 0 Å². The molecule has 0 spiro atoms. The lowest BCUT2D eigenvalue weighted by Gasteiger charge is -2.02. The van der Waals surface area contributed by atoms with Gasteiger partial charge >= 0.3 is 5.97 Å². The van der Waals surface area contributed by atoms with Crippen LogP contribution < -0.4 is 5.32 Å². The molecular formula is C13H12N4O2S. The van der Waals surface area contributed by atoms with Crippen molar-refractivity contribution in [1.82, 2.24) is 14.4 Å². The van der Waals surface area contributed by atoms with Crippen molar-refractivity contribution < 1.29 is 9.90 Å². The Morgan fingerprint density at radius 1 is 1.45 bits per heavy atom. The molecule has 102 valence electrons. The van der Waals surface area contributed by atoms with E-state index >= 15 is 0 Å². The third-order valence-electron chi connectivity index (χ3n) is 2.81. The Bertz CT molecular complexity index is 778. The molecule has 6 nitrogen and oxygen atoms in total. The van der Waals surface area contributed by atoms with Crippen molar-refractivity contribution in [2.24, 2.45) is 0 Å². The average molecular weight is 288 g/mol. The molecule has 3 heterocycles. The monoisotopic (exact) mass is 288 g/mol. The molecule has 0 saturated carbocycles. The number of aromatic nitrogens is 3. The van der Waals surface area contributed by atoms with Gasteiger partial charge in [0.15, 0.2) is 11.5 Å². The molecule has 0 amide bonds. The van der Waals surface area contributed by atoms with Crippen molar-refractivity contribution in [3.8, 4) is 0 Å². The summed E-state index contributed by atoms with van der Waals surface area (Å²) in [6.45, 7) is 2.39. The number of aryl methyl sites for hydroxylation is 1. The fourth-order valence-electron chi connectivity index (χ4n) is 1.97. The predicted octanol–water partition coefficient (Wildman–Crippen LogP) is 2.41. The van der Waals surface area contributed by atoms with Crippen LogP contribution in [-0.2, 0) is 6.54 Å². The van der Waals surface area contributed by atoms with Crippen molar-refractivity contribution in [2.45, 2.75) is 13.5 Å². The van der Waals surface area contributed by atoms with E-state index in [-0.39, 0.29) is 5.69 Å². The highest BCUT2D eigenvalue weighted by Crippen LogP contribution is 2.19. The molecule has 3 aromatic rings. The van der Waals surface area contributed by atoms with E-state index in [1.807, 2.05) is 18.4 Å². The molecule has 0 fully saturated rings. The van der Waals surface area contributed by atoms with Gasteiger partial charge in [0, 0.05) is 17.3 Å². The number of nitrogens with zero attached hydrogens (tertiary/aromatic N) is 3. The topological polar surface area (TPSA) is 79.5 Å². The zero-order chi connectivity index (χ0) is 14.1. The minimum Gasteiger partial charge on any atom is -0.476 e. The fourth-order valence-corrected chi connectivity index (χ4v) is 2.68. The lowest BCUT2D eigenvalue weighted by atomic mass is 10.4. The summed E-state index contributed by atoms with van der Waals surface area (Å²) >= 11 is 1.53. The third kappa shape index (κ3) is 2.23. The van der Waals surface area contributed by atoms with Crippen LogP contribution in [-0.4, -0.2) is 25.4 Å². The summed E-state index contributed by atoms with van der Waals surface area (Å²) in [5.74, 6) is -0.655. The number of anilines is 1. The molecule has 0 aliphatic carbocycles. The first-order chi connectivity index (χ1) is 9.65. The van der Waals surface area contributed by atoms with Crippen LogP contribution in [0.25, 0.3) is 5.65 Å². The minimum atomic E-state index is -1.01. The van der Waals surface area contributed by atoms with E-state index in [0.717, 1.165) is 10.7 Å². The first kappa shape index (κ1) is 12.6. The van der Waals surface area contributed by atoms with Gasteiger partial charge in [-0.3, -0.25) is 4.40 Å². The van der Waals surface area contributed by atoms with Crippen molar-refractivity contribution in [3.05, 3.63) is 46.2 Å². The van der Waals surface area contributed by atoms with E-state index in [9.17, 15) is 9.90 Å². The number of fused-ring (bicyclic) bond motifs is 1. The van der Waals surface area contributed by atoms with Crippen LogP contribution >= 0.6 is 11.3 Å². The number of carboxylic acid groups (broad SMARTS) is 1. The van der Waals surface area contributed by atoms with Gasteiger partial charge in [-0.05, 0) is 19.1 Å². The maximum absolute atomic E-state index is 11.4. The highest BCUT2D eigenvalue weighted by atomic mass is 32.1. The summed E-state index contributed by atoms with van der Waals surface area (Å²) in [6, 6.07) is 5.36. The number of rotatable bonds is 4. The van der Waals surface area contributed by atoms with Crippen LogP contribution in [0.5, 0.6) is 0 Å². The molecule has 2 N–H and O–H groups in total. The molecule has 0 radical (unpaired) electrons. The minimum absolute atomic E-state index is 0.133. The van der Waals surface area contributed by atoms with Gasteiger partial charge in [-0.2, -0.15) is 0 Å². The maximum atomic E-state index is 11.4. The quantitative estimate of drug-likeness (QED) is 0.770. The average Bonchev–Trinajstić information content (AvgIpc) is 2.99. The number of nitrogens with one attached hydrogen (secondary N) is 1. The molecule has 7 heteroatoms. The largest absolute Gasteiger partial charge is 0.476 e. The van der Waals surface area contributed by atoms with Gasteiger partial charge in [-0.15, -0.1) is 11.3 Å². The summed E-state index contributed by atoms with van der Waals surface area (Å²) in [5, 5.41) is 15.2. The molecule has 3 rings (SSSR count). The zero-order valence-corrected chi connectivity index (χ0v) is 11.5. The first-order valence-electron chi connectivity index (χ1n) is 6.00. The number of pyridine rings is 1. The number of imidazole rings is 1. The Labute approximate surface area is 118 Å². The van der Waals surface area contributed by atoms with E-state index in [1.165, 1.54) is 11.3 Å². The highest BCUT2D eigenvalue weighted by Gasteiger charge is 2.18. The lowest BCUT2D eigenvalue weighted by Crippen LogP contribution is -2.07. The number of hydrogen-bond acceptors (Lipinski definition) is 5. The van der Waals surface area contributed by atoms with Crippen LogP contribution in [0.15, 0.2) is 29.8 Å². The van der Waals surface area contributed by atoms with Gasteiger partial charge in [0.25, 0.3) is 0 Å². The Morgan fingerprint density at radius 3 is 3.00 bits per heavy atom. The third-order valence-corrected chi connectivity index (χ3v) is 3.77. The van der Waals surface area contributed by atoms with E-state index in [4.69, 9.17) is 0 Å². The number of carboxylic acids is 1. The number of thiazole rings is 1. The second-order valence-electron chi connectivity index (χ2n) is 4.28. The zero-order valence-electron chi connectivity index (χ0n) is 10.7. The number of hydrogen-bond donors (Lipinski definition) is 2. The van der Waals surface area contributed by atoms with Gasteiger partial charge in [0.05, 0.1) is 6.54 Å². The second-order valence-corrected chi connectivity index (χ2v) is 5.22. The molecule has 0 unspecified atom stereocenters. The Hall–Kier alpha value is -2.41. The van der Waals surface area contributed by atoms with E-state index < -0.39 is 5.97 Å². The number of aromatic carboxylic acids is 1. The second kappa shape index (κ2) is 4.93. The van der Waals surface area contributed by atoms with Crippen LogP contribution in [0, 0.1) is 6.92 Å². The summed E-state index contributed by atoms with van der Waals surface area (Å²) in [7, 11) is 0. The van der Waals surface area contributed by atoms with Gasteiger partial charge in [0.2, 0.25) is 0 Å². The van der Waals surface area contributed by atoms with Crippen molar-refractivity contribution in [3.63, 3.8) is 0 Å². The molecule has 0 bridgehead atoms. The first-order valence-corrected chi connectivity index (χ1v) is 6.88. The van der Waals surface area contributed by atoms with E-state index in [0.29, 0.717) is 18.0 Å². The molecule has 0 aliphatic rings. The summed E-state index contributed by atoms with van der Waals surface area (Å²) in [5.41, 5.74) is 1.69. The van der Waals surface area contributed by atoms with Crippen molar-refractivity contribution in [2.75, 3.05) is 5.32 Å². The molecule has 3 aromatic heterocycles. The molecule has 0 saturated heterocycles. The molecule has 0 aromatic carbocycles. The normalized spacial score (nSPS) is 10.8. The van der Waals surface area contributed by atoms with Gasteiger partial charge in [-0.1, -0.05) is 6.07 Å². The lowest BCUT2D eigenvalue weighted by molar-refractivity contribution is 0.0690. The smallest absolute Gasteiger partial charge is 0.356 e. The van der Waals surface area contributed by atoms with Gasteiger partial charge in [0.1, 0.15) is 10.7 Å². The highest BCUT2D eigenvalue weighted by molar-refractivity contribution is 7.09. The maximum Gasteiger partial charge on any atom is 0.356 e. The Morgan fingerprint density at radius 2 is 2.30 bits per heavy atom. The van der Waals surface area contributed by atoms with Crippen LogP contribution in [0.3, 0.4) is 0 Å². The van der Waals surface area contributed by atoms with Crippen molar-refractivity contribution >= 4 is 28.8 Å². The summed E-state index contributed by atoms with van der Waals surface area (Å²) in [6.07, 6.45) is 1.69. The Balaban J connectivity index is 1.94. The van der Waals surface area contributed by atoms with Crippen LogP contribution in [0.4, 0.5) is 5.82 Å². The number of carbonyl (C=O) groups is 1. The molecular weight excluding hydrogens is 276 g/mol. The fraction of sp³-hybridized carbons (Fsp3) is 0.154.